The van der Waals surface area contributed by atoms with Crippen LogP contribution in [0, 0.1) is 5.82 Å². The number of nitrogens with one attached hydrogen (secondary N) is 1. The van der Waals surface area contributed by atoms with E-state index < -0.39 is 23.3 Å². The van der Waals surface area contributed by atoms with Gasteiger partial charge in [-0.2, -0.15) is 0 Å². The second-order valence-electron chi connectivity index (χ2n) is 8.53. The molecule has 0 aliphatic carbocycles. The summed E-state index contributed by atoms with van der Waals surface area (Å²) in [6.07, 6.45) is -1.91. The molecule has 0 saturated carbocycles. The van der Waals surface area contributed by atoms with Crippen LogP contribution in [-0.4, -0.2) is 57.3 Å². The number of carbonyl (C=O) groups excluding carboxylic acids is 2. The lowest BCUT2D eigenvalue weighted by Crippen LogP contribution is -2.45. The van der Waals surface area contributed by atoms with Crippen LogP contribution < -0.4 is 15.0 Å². The summed E-state index contributed by atoms with van der Waals surface area (Å²) in [6, 6.07) is 20.4. The van der Waals surface area contributed by atoms with Crippen LogP contribution in [0.15, 0.2) is 77.7 Å². The topological polar surface area (TPSA) is 71.1 Å². The van der Waals surface area contributed by atoms with E-state index in [4.69, 9.17) is 9.47 Å². The molecular formula is C27H28FN3O4S. The quantitative estimate of drug-likeness (QED) is 0.473. The smallest absolute Gasteiger partial charge is 0.412 e. The van der Waals surface area contributed by atoms with Gasteiger partial charge in [-0.05, 0) is 68.2 Å². The molecule has 3 aromatic carbocycles. The Morgan fingerprint density at radius 3 is 2.42 bits per heavy atom. The summed E-state index contributed by atoms with van der Waals surface area (Å²) < 4.78 is 24.4. The minimum atomic E-state index is -1.11. The number of benzene rings is 3. The van der Waals surface area contributed by atoms with Crippen LogP contribution in [0.3, 0.4) is 0 Å². The number of rotatable bonds is 7. The molecule has 1 heterocycles. The van der Waals surface area contributed by atoms with Gasteiger partial charge < -0.3 is 19.3 Å². The normalized spacial score (nSPS) is 17.4. The molecule has 1 N–H and O–H groups in total. The number of para-hydroxylation sites is 1. The van der Waals surface area contributed by atoms with Gasteiger partial charge in [-0.3, -0.25) is 10.1 Å². The van der Waals surface area contributed by atoms with Gasteiger partial charge in [0.2, 0.25) is 0 Å². The number of hydrogen-bond donors (Lipinski definition) is 1. The zero-order valence-corrected chi connectivity index (χ0v) is 21.1. The summed E-state index contributed by atoms with van der Waals surface area (Å²) in [6.45, 7) is 1.06. The molecule has 0 fully saturated rings. The minimum Gasteiger partial charge on any atom is -0.497 e. The van der Waals surface area contributed by atoms with E-state index in [1.807, 2.05) is 67.5 Å². The maximum Gasteiger partial charge on any atom is 0.412 e. The van der Waals surface area contributed by atoms with Crippen LogP contribution in [0.1, 0.15) is 10.8 Å². The predicted octanol–water partition coefficient (Wildman–Crippen LogP) is 5.19. The Morgan fingerprint density at radius 1 is 1.06 bits per heavy atom. The van der Waals surface area contributed by atoms with Gasteiger partial charge in [-0.1, -0.05) is 24.3 Å². The minimum absolute atomic E-state index is 0.315. The van der Waals surface area contributed by atoms with Gasteiger partial charge in [0.05, 0.1) is 18.0 Å². The first-order valence-electron chi connectivity index (χ1n) is 11.4. The van der Waals surface area contributed by atoms with Crippen molar-refractivity contribution in [3.05, 3.63) is 84.2 Å². The average molecular weight is 510 g/mol. The van der Waals surface area contributed by atoms with Gasteiger partial charge in [0, 0.05) is 23.7 Å². The van der Waals surface area contributed by atoms with Crippen LogP contribution in [0.2, 0.25) is 0 Å². The molecule has 4 rings (SSSR count). The molecule has 0 unspecified atom stereocenters. The molecule has 3 aromatic rings. The third kappa shape index (κ3) is 5.98. The van der Waals surface area contributed by atoms with Crippen LogP contribution in [-0.2, 0) is 9.53 Å². The van der Waals surface area contributed by atoms with Gasteiger partial charge in [-0.15, -0.1) is 11.8 Å². The maximum absolute atomic E-state index is 14.0. The van der Waals surface area contributed by atoms with Crippen LogP contribution in [0.4, 0.5) is 20.6 Å². The lowest BCUT2D eigenvalue weighted by atomic mass is 10.1. The molecule has 188 valence electrons. The van der Waals surface area contributed by atoms with Crippen molar-refractivity contribution >= 4 is 35.1 Å². The van der Waals surface area contributed by atoms with E-state index in [1.165, 1.54) is 36.0 Å². The van der Waals surface area contributed by atoms with Gasteiger partial charge in [0.1, 0.15) is 11.6 Å². The van der Waals surface area contributed by atoms with Gasteiger partial charge in [0.15, 0.2) is 6.10 Å². The Morgan fingerprint density at radius 2 is 1.75 bits per heavy atom. The number of halogens is 1. The summed E-state index contributed by atoms with van der Waals surface area (Å²) in [7, 11) is 5.46. The molecule has 2 atom stereocenters. The standard InChI is InChI=1S/C27H28FN3O4S/c1-30(2)16-17-31-22-6-4-5-7-23(22)36-25(18-8-14-21(34-3)15-9-18)24(26(31)32)35-27(33)29-20-12-10-19(28)11-13-20/h4-15,24-25H,16-17H2,1-3H3,(H,29,33)/t24-,25+/m1/s1. The van der Waals surface area contributed by atoms with Crippen molar-refractivity contribution in [1.29, 1.82) is 0 Å². The Balaban J connectivity index is 1.70. The molecule has 2 amide bonds. The fourth-order valence-electron chi connectivity index (χ4n) is 3.86. The molecule has 0 spiro atoms. The largest absolute Gasteiger partial charge is 0.497 e. The highest BCUT2D eigenvalue weighted by Gasteiger charge is 2.41. The number of anilines is 2. The van der Waals surface area contributed by atoms with Crippen molar-refractivity contribution in [3.8, 4) is 5.75 Å². The average Bonchev–Trinajstić information content (AvgIpc) is 2.98. The fraction of sp³-hybridized carbons (Fsp3) is 0.259. The Labute approximate surface area is 214 Å². The first kappa shape index (κ1) is 25.5. The summed E-state index contributed by atoms with van der Waals surface area (Å²) in [4.78, 5) is 31.5. The molecule has 0 bridgehead atoms. The monoisotopic (exact) mass is 509 g/mol. The molecule has 7 nitrogen and oxygen atoms in total. The lowest BCUT2D eigenvalue weighted by Gasteiger charge is -2.28. The van der Waals surface area contributed by atoms with Gasteiger partial charge in [0.25, 0.3) is 5.91 Å². The third-order valence-electron chi connectivity index (χ3n) is 5.73. The Bertz CT molecular complexity index is 1200. The number of ether oxygens (including phenoxy) is 2. The predicted molar refractivity (Wildman–Crippen MR) is 139 cm³/mol. The molecule has 0 radical (unpaired) electrons. The number of thioether (sulfide) groups is 1. The second-order valence-corrected chi connectivity index (χ2v) is 9.71. The van der Waals surface area contributed by atoms with E-state index in [9.17, 15) is 14.0 Å². The van der Waals surface area contributed by atoms with Crippen molar-refractivity contribution in [2.45, 2.75) is 16.2 Å². The second kappa shape index (κ2) is 11.5. The molecule has 0 saturated heterocycles. The van der Waals surface area contributed by atoms with Crippen molar-refractivity contribution in [1.82, 2.24) is 4.90 Å². The van der Waals surface area contributed by atoms with E-state index in [1.54, 1.807) is 12.0 Å². The van der Waals surface area contributed by atoms with Crippen LogP contribution >= 0.6 is 11.8 Å². The van der Waals surface area contributed by atoms with E-state index in [0.717, 1.165) is 16.1 Å². The summed E-state index contributed by atoms with van der Waals surface area (Å²) >= 11 is 1.47. The molecule has 1 aliphatic rings. The number of fused-ring (bicyclic) bond motifs is 1. The van der Waals surface area contributed by atoms with Crippen molar-refractivity contribution < 1.29 is 23.5 Å². The molecule has 9 heteroatoms. The van der Waals surface area contributed by atoms with Gasteiger partial charge >= 0.3 is 6.09 Å². The Kier molecular flexibility index (Phi) is 8.12. The highest BCUT2D eigenvalue weighted by atomic mass is 32.2. The van der Waals surface area contributed by atoms with E-state index in [-0.39, 0.29) is 5.91 Å². The van der Waals surface area contributed by atoms with E-state index >= 15 is 0 Å². The summed E-state index contributed by atoms with van der Waals surface area (Å²) in [5, 5.41) is 2.09. The highest BCUT2D eigenvalue weighted by molar-refractivity contribution is 7.99. The third-order valence-corrected chi connectivity index (χ3v) is 7.11. The number of hydrogen-bond acceptors (Lipinski definition) is 6. The number of likely N-dealkylation sites (N-methyl/N-ethyl adjacent to an activating group) is 1. The Hall–Kier alpha value is -3.56. The first-order valence-corrected chi connectivity index (χ1v) is 12.3. The molecule has 0 aromatic heterocycles. The lowest BCUT2D eigenvalue weighted by molar-refractivity contribution is -0.126. The molecule has 1 aliphatic heterocycles. The maximum atomic E-state index is 14.0. The zero-order valence-electron chi connectivity index (χ0n) is 20.3. The van der Waals surface area contributed by atoms with Crippen molar-refractivity contribution in [2.24, 2.45) is 0 Å². The van der Waals surface area contributed by atoms with E-state index in [0.29, 0.717) is 24.5 Å². The zero-order chi connectivity index (χ0) is 25.7. The molecular weight excluding hydrogens is 481 g/mol. The number of carbonyl (C=O) groups is 2. The number of methoxy groups -OCH3 is 1. The van der Waals surface area contributed by atoms with E-state index in [2.05, 4.69) is 5.32 Å². The fourth-order valence-corrected chi connectivity index (χ4v) is 5.17. The summed E-state index contributed by atoms with van der Waals surface area (Å²) in [5.74, 6) is -0.0502. The first-order chi connectivity index (χ1) is 17.4. The number of amides is 2. The van der Waals surface area contributed by atoms with Crippen molar-refractivity contribution in [3.63, 3.8) is 0 Å². The van der Waals surface area contributed by atoms with Crippen molar-refractivity contribution in [2.75, 3.05) is 44.5 Å². The van der Waals surface area contributed by atoms with Crippen LogP contribution in [0.5, 0.6) is 5.75 Å². The van der Waals surface area contributed by atoms with Gasteiger partial charge in [-0.25, -0.2) is 9.18 Å². The SMILES string of the molecule is COc1ccc([C@@H]2Sc3ccccc3N(CCN(C)C)C(=O)[C@@H]2OC(=O)Nc2ccc(F)cc2)cc1. The summed E-state index contributed by atoms with van der Waals surface area (Å²) in [5.41, 5.74) is 1.96. The number of nitrogens with zero attached hydrogens (tertiary/aromatic N) is 2. The van der Waals surface area contributed by atoms with Crippen LogP contribution in [0.25, 0.3) is 0 Å². The highest BCUT2D eigenvalue weighted by Crippen LogP contribution is 2.46. The molecule has 36 heavy (non-hydrogen) atoms.